The van der Waals surface area contributed by atoms with Crippen LogP contribution in [-0.4, -0.2) is 26.7 Å². The van der Waals surface area contributed by atoms with Gasteiger partial charge in [-0.3, -0.25) is 4.79 Å². The molecular formula is C12H13N3O2. The van der Waals surface area contributed by atoms with Crippen molar-refractivity contribution in [3.63, 3.8) is 0 Å². The van der Waals surface area contributed by atoms with Crippen LogP contribution in [-0.2, 0) is 4.79 Å². The molecule has 1 unspecified atom stereocenters. The van der Waals surface area contributed by atoms with Crippen LogP contribution in [0, 0.1) is 0 Å². The van der Waals surface area contributed by atoms with Gasteiger partial charge in [0.05, 0.1) is 17.7 Å². The molecule has 0 spiro atoms. The van der Waals surface area contributed by atoms with Gasteiger partial charge in [-0.2, -0.15) is 0 Å². The number of hydrogen-bond acceptors (Lipinski definition) is 3. The minimum absolute atomic E-state index is 0.639. The number of nitrogens with zero attached hydrogens (tertiary/aromatic N) is 2. The molecule has 0 saturated carbocycles. The molecule has 1 aromatic heterocycles. The third kappa shape index (κ3) is 2.44. The summed E-state index contributed by atoms with van der Waals surface area (Å²) in [6.07, 6.45) is 5.16. The predicted molar refractivity (Wildman–Crippen MR) is 64.3 cm³/mol. The Morgan fingerprint density at radius 3 is 2.88 bits per heavy atom. The number of para-hydroxylation sites is 2. The predicted octanol–water partition coefficient (Wildman–Crippen LogP) is 1.76. The number of rotatable bonds is 4. The third-order valence-electron chi connectivity index (χ3n) is 2.43. The second kappa shape index (κ2) is 4.69. The Morgan fingerprint density at radius 1 is 1.47 bits per heavy atom. The van der Waals surface area contributed by atoms with Gasteiger partial charge in [0.2, 0.25) is 0 Å². The van der Waals surface area contributed by atoms with Crippen LogP contribution in [0.1, 0.15) is 6.92 Å². The van der Waals surface area contributed by atoms with Crippen molar-refractivity contribution in [1.82, 2.24) is 9.55 Å². The van der Waals surface area contributed by atoms with Gasteiger partial charge < -0.3 is 15.0 Å². The van der Waals surface area contributed by atoms with Gasteiger partial charge in [-0.25, -0.2) is 4.98 Å². The number of carboxylic acid groups (broad SMARTS) is 1. The summed E-state index contributed by atoms with van der Waals surface area (Å²) in [5, 5.41) is 11.8. The van der Waals surface area contributed by atoms with Crippen LogP contribution in [0.15, 0.2) is 43.0 Å². The van der Waals surface area contributed by atoms with Crippen molar-refractivity contribution in [2.24, 2.45) is 0 Å². The Labute approximate surface area is 98.7 Å². The van der Waals surface area contributed by atoms with Gasteiger partial charge in [-0.15, -0.1) is 0 Å². The molecule has 5 nitrogen and oxygen atoms in total. The largest absolute Gasteiger partial charge is 0.480 e. The van der Waals surface area contributed by atoms with Crippen LogP contribution in [0.3, 0.4) is 0 Å². The molecule has 0 radical (unpaired) electrons. The van der Waals surface area contributed by atoms with Crippen molar-refractivity contribution >= 4 is 11.7 Å². The molecule has 2 aromatic rings. The number of carboxylic acids is 1. The Hall–Kier alpha value is -2.30. The van der Waals surface area contributed by atoms with Crippen LogP contribution >= 0.6 is 0 Å². The molecule has 0 fully saturated rings. The lowest BCUT2D eigenvalue weighted by atomic mass is 10.2. The normalized spacial score (nSPS) is 12.1. The lowest BCUT2D eigenvalue weighted by Gasteiger charge is -2.15. The molecule has 17 heavy (non-hydrogen) atoms. The highest BCUT2D eigenvalue weighted by atomic mass is 16.4. The van der Waals surface area contributed by atoms with Crippen LogP contribution in [0.25, 0.3) is 5.69 Å². The molecule has 0 saturated heterocycles. The van der Waals surface area contributed by atoms with Crippen molar-refractivity contribution in [2.75, 3.05) is 5.32 Å². The minimum Gasteiger partial charge on any atom is -0.480 e. The first-order valence-electron chi connectivity index (χ1n) is 5.25. The van der Waals surface area contributed by atoms with E-state index in [1.165, 1.54) is 0 Å². The molecule has 5 heteroatoms. The van der Waals surface area contributed by atoms with Gasteiger partial charge in [0.15, 0.2) is 0 Å². The van der Waals surface area contributed by atoms with Crippen LogP contribution in [0.4, 0.5) is 5.69 Å². The Bertz CT molecular complexity index is 508. The number of aliphatic carboxylic acids is 1. The monoisotopic (exact) mass is 231 g/mol. The maximum absolute atomic E-state index is 10.8. The average molecular weight is 231 g/mol. The summed E-state index contributed by atoms with van der Waals surface area (Å²) < 4.78 is 1.83. The second-order valence-electron chi connectivity index (χ2n) is 3.69. The topological polar surface area (TPSA) is 67.2 Å². The number of aromatic nitrogens is 2. The van der Waals surface area contributed by atoms with Crippen molar-refractivity contribution in [3.05, 3.63) is 43.0 Å². The molecule has 2 N–H and O–H groups in total. The summed E-state index contributed by atoms with van der Waals surface area (Å²) in [5.41, 5.74) is 1.64. The zero-order valence-electron chi connectivity index (χ0n) is 9.37. The lowest BCUT2D eigenvalue weighted by Crippen LogP contribution is -2.25. The van der Waals surface area contributed by atoms with Crippen LogP contribution in [0.2, 0.25) is 0 Å². The van der Waals surface area contributed by atoms with E-state index in [2.05, 4.69) is 10.3 Å². The molecule has 88 valence electrons. The molecule has 0 aliphatic carbocycles. The van der Waals surface area contributed by atoms with Gasteiger partial charge in [-0.05, 0) is 19.1 Å². The Morgan fingerprint density at radius 2 is 2.24 bits per heavy atom. The SMILES string of the molecule is CC(Nc1ccccc1-n1ccnc1)C(=O)O. The first-order valence-corrected chi connectivity index (χ1v) is 5.25. The number of anilines is 1. The van der Waals surface area contributed by atoms with E-state index in [1.54, 1.807) is 19.4 Å². The first-order chi connectivity index (χ1) is 8.18. The summed E-state index contributed by atoms with van der Waals surface area (Å²) >= 11 is 0. The fraction of sp³-hybridized carbons (Fsp3) is 0.167. The second-order valence-corrected chi connectivity index (χ2v) is 3.69. The van der Waals surface area contributed by atoms with Crippen LogP contribution in [0.5, 0.6) is 0 Å². The summed E-state index contributed by atoms with van der Waals surface area (Å²) in [6.45, 7) is 1.60. The van der Waals surface area contributed by atoms with E-state index in [4.69, 9.17) is 5.11 Å². The minimum atomic E-state index is -0.884. The van der Waals surface area contributed by atoms with Gasteiger partial charge >= 0.3 is 5.97 Å². The standard InChI is InChI=1S/C12H13N3O2/c1-9(12(16)17)14-10-4-2-3-5-11(10)15-7-6-13-8-15/h2-9,14H,1H3,(H,16,17). The van der Waals surface area contributed by atoms with E-state index in [0.29, 0.717) is 0 Å². The quantitative estimate of drug-likeness (QED) is 0.841. The van der Waals surface area contributed by atoms with Crippen LogP contribution < -0.4 is 5.32 Å². The molecular weight excluding hydrogens is 218 g/mol. The van der Waals surface area contributed by atoms with Crippen molar-refractivity contribution in [2.45, 2.75) is 13.0 Å². The molecule has 1 atom stereocenters. The average Bonchev–Trinajstić information content (AvgIpc) is 2.83. The molecule has 0 aliphatic heterocycles. The summed E-state index contributed by atoms with van der Waals surface area (Å²) in [7, 11) is 0. The number of benzene rings is 1. The molecule has 1 heterocycles. The zero-order valence-corrected chi connectivity index (χ0v) is 9.37. The Kier molecular flexibility index (Phi) is 3.09. The van der Waals surface area contributed by atoms with Crippen molar-refractivity contribution in [3.8, 4) is 5.69 Å². The molecule has 2 rings (SSSR count). The maximum atomic E-state index is 10.8. The Balaban J connectivity index is 2.32. The van der Waals surface area contributed by atoms with Gasteiger partial charge in [0.25, 0.3) is 0 Å². The molecule has 0 bridgehead atoms. The molecule has 0 amide bonds. The van der Waals surface area contributed by atoms with Crippen molar-refractivity contribution in [1.29, 1.82) is 0 Å². The highest BCUT2D eigenvalue weighted by molar-refractivity contribution is 5.78. The van der Waals surface area contributed by atoms with E-state index in [1.807, 2.05) is 35.0 Å². The molecule has 0 aliphatic rings. The number of imidazole rings is 1. The van der Waals surface area contributed by atoms with Gasteiger partial charge in [-0.1, -0.05) is 12.1 Å². The smallest absolute Gasteiger partial charge is 0.325 e. The highest BCUT2D eigenvalue weighted by Gasteiger charge is 2.12. The lowest BCUT2D eigenvalue weighted by molar-refractivity contribution is -0.137. The summed E-state index contributed by atoms with van der Waals surface area (Å²) in [5.74, 6) is -0.884. The van der Waals surface area contributed by atoms with E-state index in [9.17, 15) is 4.79 Å². The van der Waals surface area contributed by atoms with E-state index < -0.39 is 12.0 Å². The maximum Gasteiger partial charge on any atom is 0.325 e. The fourth-order valence-electron chi connectivity index (χ4n) is 1.52. The summed E-state index contributed by atoms with van der Waals surface area (Å²) in [6, 6.07) is 6.86. The number of carbonyl (C=O) groups is 1. The van der Waals surface area contributed by atoms with E-state index in [-0.39, 0.29) is 0 Å². The first kappa shape index (κ1) is 11.2. The summed E-state index contributed by atoms with van der Waals surface area (Å²) in [4.78, 5) is 14.8. The zero-order chi connectivity index (χ0) is 12.3. The van der Waals surface area contributed by atoms with E-state index in [0.717, 1.165) is 11.4 Å². The fourth-order valence-corrected chi connectivity index (χ4v) is 1.52. The van der Waals surface area contributed by atoms with Gasteiger partial charge in [0, 0.05) is 12.4 Å². The van der Waals surface area contributed by atoms with Gasteiger partial charge in [0.1, 0.15) is 6.04 Å². The number of nitrogens with one attached hydrogen (secondary N) is 1. The third-order valence-corrected chi connectivity index (χ3v) is 2.43. The molecule has 1 aromatic carbocycles. The number of hydrogen-bond donors (Lipinski definition) is 2. The highest BCUT2D eigenvalue weighted by Crippen LogP contribution is 2.20. The van der Waals surface area contributed by atoms with E-state index >= 15 is 0 Å². The van der Waals surface area contributed by atoms with Crippen molar-refractivity contribution < 1.29 is 9.90 Å².